The van der Waals surface area contributed by atoms with E-state index in [1.807, 2.05) is 24.3 Å². The highest BCUT2D eigenvalue weighted by atomic mass is 16.5. The first-order valence-electron chi connectivity index (χ1n) is 7.40. The zero-order valence-corrected chi connectivity index (χ0v) is 11.7. The molecule has 0 saturated heterocycles. The fourth-order valence-electron chi connectivity index (χ4n) is 2.50. The number of carbonyl (C=O) groups is 2. The first kappa shape index (κ1) is 13.9. The van der Waals surface area contributed by atoms with Gasteiger partial charge in [-0.25, -0.2) is 0 Å². The molecule has 2 atom stereocenters. The molecule has 5 heteroatoms. The van der Waals surface area contributed by atoms with Crippen molar-refractivity contribution in [2.45, 2.75) is 38.3 Å². The van der Waals surface area contributed by atoms with Gasteiger partial charge in [0.05, 0.1) is 17.9 Å². The van der Waals surface area contributed by atoms with Crippen LogP contribution >= 0.6 is 0 Å². The van der Waals surface area contributed by atoms with E-state index in [-0.39, 0.29) is 11.8 Å². The van der Waals surface area contributed by atoms with E-state index in [4.69, 9.17) is 9.84 Å². The van der Waals surface area contributed by atoms with Gasteiger partial charge in [0.1, 0.15) is 5.75 Å². The SMILES string of the molecule is O=C(O)[C@H]1C[C@@H]1C(=O)NCc1ccccc1OC1CCC1. The van der Waals surface area contributed by atoms with Crippen LogP contribution in [0.5, 0.6) is 5.75 Å². The van der Waals surface area contributed by atoms with Crippen LogP contribution in [0.15, 0.2) is 24.3 Å². The van der Waals surface area contributed by atoms with Crippen molar-refractivity contribution in [3.05, 3.63) is 29.8 Å². The highest BCUT2D eigenvalue weighted by Crippen LogP contribution is 2.38. The van der Waals surface area contributed by atoms with Crippen LogP contribution in [0.4, 0.5) is 0 Å². The second-order valence-electron chi connectivity index (χ2n) is 5.78. The number of nitrogens with one attached hydrogen (secondary N) is 1. The van der Waals surface area contributed by atoms with Gasteiger partial charge in [-0.2, -0.15) is 0 Å². The maximum Gasteiger partial charge on any atom is 0.307 e. The molecule has 2 saturated carbocycles. The molecule has 1 amide bonds. The van der Waals surface area contributed by atoms with E-state index in [0.717, 1.165) is 24.2 Å². The molecule has 2 aliphatic carbocycles. The average molecular weight is 289 g/mol. The smallest absolute Gasteiger partial charge is 0.307 e. The fourth-order valence-corrected chi connectivity index (χ4v) is 2.50. The topological polar surface area (TPSA) is 75.6 Å². The molecule has 2 fully saturated rings. The fraction of sp³-hybridized carbons (Fsp3) is 0.500. The number of hydrogen-bond acceptors (Lipinski definition) is 3. The third-order valence-electron chi connectivity index (χ3n) is 4.22. The first-order valence-corrected chi connectivity index (χ1v) is 7.40. The molecule has 112 valence electrons. The number of carboxylic acid groups (broad SMARTS) is 1. The maximum atomic E-state index is 11.9. The summed E-state index contributed by atoms with van der Waals surface area (Å²) in [5.41, 5.74) is 0.935. The Hall–Kier alpha value is -2.04. The summed E-state index contributed by atoms with van der Waals surface area (Å²) in [6.07, 6.45) is 4.12. The van der Waals surface area contributed by atoms with E-state index in [0.29, 0.717) is 19.1 Å². The lowest BCUT2D eigenvalue weighted by Gasteiger charge is -2.27. The number of hydrogen-bond donors (Lipinski definition) is 2. The summed E-state index contributed by atoms with van der Waals surface area (Å²) in [5.74, 6) is -1.13. The van der Waals surface area contributed by atoms with E-state index in [9.17, 15) is 9.59 Å². The number of carbonyl (C=O) groups excluding carboxylic acids is 1. The second kappa shape index (κ2) is 5.76. The van der Waals surface area contributed by atoms with Crippen molar-refractivity contribution < 1.29 is 19.4 Å². The third-order valence-corrected chi connectivity index (χ3v) is 4.22. The molecular weight excluding hydrogens is 270 g/mol. The van der Waals surface area contributed by atoms with Crippen molar-refractivity contribution in [1.82, 2.24) is 5.32 Å². The van der Waals surface area contributed by atoms with Crippen LogP contribution in [0, 0.1) is 11.8 Å². The van der Waals surface area contributed by atoms with Crippen LogP contribution in [0.3, 0.4) is 0 Å². The lowest BCUT2D eigenvalue weighted by molar-refractivity contribution is -0.140. The number of para-hydroxylation sites is 1. The van der Waals surface area contributed by atoms with Gasteiger partial charge in [-0.1, -0.05) is 18.2 Å². The van der Waals surface area contributed by atoms with Crippen LogP contribution in [-0.4, -0.2) is 23.1 Å². The van der Waals surface area contributed by atoms with E-state index in [1.54, 1.807) is 0 Å². The summed E-state index contributed by atoms with van der Waals surface area (Å²) >= 11 is 0. The van der Waals surface area contributed by atoms with Crippen LogP contribution in [0.2, 0.25) is 0 Å². The van der Waals surface area contributed by atoms with Gasteiger partial charge >= 0.3 is 5.97 Å². The Morgan fingerprint density at radius 3 is 2.62 bits per heavy atom. The summed E-state index contributed by atoms with van der Waals surface area (Å²) in [5, 5.41) is 11.6. The summed E-state index contributed by atoms with van der Waals surface area (Å²) in [6.45, 7) is 0.380. The van der Waals surface area contributed by atoms with Crippen molar-refractivity contribution in [2.75, 3.05) is 0 Å². The van der Waals surface area contributed by atoms with Crippen molar-refractivity contribution in [3.63, 3.8) is 0 Å². The van der Waals surface area contributed by atoms with Gasteiger partial charge in [0.2, 0.25) is 5.91 Å². The van der Waals surface area contributed by atoms with Crippen molar-refractivity contribution in [2.24, 2.45) is 11.8 Å². The Labute approximate surface area is 123 Å². The molecule has 3 rings (SSSR count). The number of aliphatic carboxylic acids is 1. The largest absolute Gasteiger partial charge is 0.490 e. The van der Waals surface area contributed by atoms with Crippen LogP contribution in [-0.2, 0) is 16.1 Å². The van der Waals surface area contributed by atoms with E-state index >= 15 is 0 Å². The third kappa shape index (κ3) is 3.17. The Balaban J connectivity index is 1.55. The zero-order chi connectivity index (χ0) is 14.8. The normalized spacial score (nSPS) is 24.0. The van der Waals surface area contributed by atoms with E-state index in [2.05, 4.69) is 5.32 Å². The number of benzene rings is 1. The monoisotopic (exact) mass is 289 g/mol. The molecule has 2 N–H and O–H groups in total. The van der Waals surface area contributed by atoms with Gasteiger partial charge in [-0.15, -0.1) is 0 Å². The maximum absolute atomic E-state index is 11.9. The van der Waals surface area contributed by atoms with Gasteiger partial charge in [0, 0.05) is 12.1 Å². The Kier molecular flexibility index (Phi) is 3.82. The molecule has 0 aromatic heterocycles. The molecule has 0 spiro atoms. The van der Waals surface area contributed by atoms with Gasteiger partial charge < -0.3 is 15.2 Å². The zero-order valence-electron chi connectivity index (χ0n) is 11.7. The summed E-state index contributed by atoms with van der Waals surface area (Å²) < 4.78 is 5.90. The minimum Gasteiger partial charge on any atom is -0.490 e. The van der Waals surface area contributed by atoms with Crippen molar-refractivity contribution in [3.8, 4) is 5.75 Å². The second-order valence-corrected chi connectivity index (χ2v) is 5.78. The Morgan fingerprint density at radius 2 is 2.00 bits per heavy atom. The number of rotatable bonds is 6. The lowest BCUT2D eigenvalue weighted by Crippen LogP contribution is -2.28. The number of ether oxygens (including phenoxy) is 1. The van der Waals surface area contributed by atoms with E-state index in [1.165, 1.54) is 6.42 Å². The van der Waals surface area contributed by atoms with Gasteiger partial charge in [0.15, 0.2) is 0 Å². The Morgan fingerprint density at radius 1 is 1.24 bits per heavy atom. The number of carboxylic acids is 1. The van der Waals surface area contributed by atoms with E-state index < -0.39 is 11.9 Å². The molecule has 0 unspecified atom stereocenters. The minimum absolute atomic E-state index is 0.180. The standard InChI is InChI=1S/C16H19NO4/c18-15(12-8-13(12)16(19)20)17-9-10-4-1-2-7-14(10)21-11-5-3-6-11/h1-2,4,7,11-13H,3,5-6,8-9H2,(H,17,18)(H,19,20)/t12-,13-/m0/s1. The molecule has 21 heavy (non-hydrogen) atoms. The van der Waals surface area contributed by atoms with Crippen molar-refractivity contribution in [1.29, 1.82) is 0 Å². The highest BCUT2D eigenvalue weighted by Gasteiger charge is 2.48. The van der Waals surface area contributed by atoms with Gasteiger partial charge in [0.25, 0.3) is 0 Å². The average Bonchev–Trinajstić information content (AvgIpc) is 3.22. The molecule has 1 aromatic rings. The summed E-state index contributed by atoms with van der Waals surface area (Å²) in [7, 11) is 0. The number of amides is 1. The molecule has 0 heterocycles. The molecule has 0 aliphatic heterocycles. The highest BCUT2D eigenvalue weighted by molar-refractivity contribution is 5.89. The van der Waals surface area contributed by atoms with Crippen LogP contribution in [0.25, 0.3) is 0 Å². The van der Waals surface area contributed by atoms with Gasteiger partial charge in [-0.05, 0) is 31.7 Å². The van der Waals surface area contributed by atoms with Crippen molar-refractivity contribution >= 4 is 11.9 Å². The minimum atomic E-state index is -0.885. The summed E-state index contributed by atoms with van der Waals surface area (Å²) in [4.78, 5) is 22.6. The van der Waals surface area contributed by atoms with Gasteiger partial charge in [-0.3, -0.25) is 9.59 Å². The molecule has 5 nitrogen and oxygen atoms in total. The quantitative estimate of drug-likeness (QED) is 0.839. The predicted octanol–water partition coefficient (Wildman–Crippen LogP) is 1.95. The van der Waals surface area contributed by atoms with Crippen LogP contribution < -0.4 is 10.1 Å². The predicted molar refractivity (Wildman–Crippen MR) is 75.8 cm³/mol. The molecule has 1 aromatic carbocycles. The van der Waals surface area contributed by atoms with Crippen LogP contribution in [0.1, 0.15) is 31.2 Å². The summed E-state index contributed by atoms with van der Waals surface area (Å²) in [6, 6.07) is 7.67. The molecule has 2 aliphatic rings. The molecular formula is C16H19NO4. The first-order chi connectivity index (χ1) is 10.1. The molecule has 0 radical (unpaired) electrons. The molecule has 0 bridgehead atoms. The Bertz CT molecular complexity index is 553. The lowest BCUT2D eigenvalue weighted by atomic mass is 9.96.